The van der Waals surface area contributed by atoms with E-state index in [1.54, 1.807) is 38.1 Å². The van der Waals surface area contributed by atoms with Gasteiger partial charge in [0, 0.05) is 6.07 Å². The maximum absolute atomic E-state index is 12.1. The standard InChI is InChI=1S/C15H15NO5/c1-8(2)13(15(19)20)16-14(18)12-7-10(17)9-5-3-4-6-11(9)21-12/h3-8,13H,1-2H3,(H,16,18)(H,19,20)/t13-/m0/s1. The molecule has 0 aliphatic heterocycles. The van der Waals surface area contributed by atoms with E-state index in [1.165, 1.54) is 0 Å². The highest BCUT2D eigenvalue weighted by Gasteiger charge is 2.25. The van der Waals surface area contributed by atoms with E-state index in [0.29, 0.717) is 5.39 Å². The normalized spacial score (nSPS) is 12.3. The molecule has 0 radical (unpaired) electrons. The summed E-state index contributed by atoms with van der Waals surface area (Å²) < 4.78 is 5.36. The molecule has 0 aliphatic rings. The van der Waals surface area contributed by atoms with Gasteiger partial charge in [0.1, 0.15) is 11.6 Å². The molecule has 21 heavy (non-hydrogen) atoms. The number of hydrogen-bond donors (Lipinski definition) is 2. The molecule has 6 nitrogen and oxygen atoms in total. The maximum atomic E-state index is 12.1. The lowest BCUT2D eigenvalue weighted by atomic mass is 10.0. The zero-order valence-corrected chi connectivity index (χ0v) is 11.6. The van der Waals surface area contributed by atoms with Crippen LogP contribution in [0.3, 0.4) is 0 Å². The van der Waals surface area contributed by atoms with E-state index >= 15 is 0 Å². The fourth-order valence-electron chi connectivity index (χ4n) is 1.94. The first kappa shape index (κ1) is 14.8. The molecule has 1 heterocycles. The third-order valence-electron chi connectivity index (χ3n) is 3.08. The molecule has 2 N–H and O–H groups in total. The van der Waals surface area contributed by atoms with E-state index in [0.717, 1.165) is 6.07 Å². The summed E-state index contributed by atoms with van der Waals surface area (Å²) in [7, 11) is 0. The first-order chi connectivity index (χ1) is 9.90. The summed E-state index contributed by atoms with van der Waals surface area (Å²) in [6.45, 7) is 3.35. The third-order valence-corrected chi connectivity index (χ3v) is 3.08. The fourth-order valence-corrected chi connectivity index (χ4v) is 1.94. The summed E-state index contributed by atoms with van der Waals surface area (Å²) in [6, 6.07) is 6.56. The van der Waals surface area contributed by atoms with E-state index in [1.807, 2.05) is 0 Å². The second-order valence-electron chi connectivity index (χ2n) is 5.00. The highest BCUT2D eigenvalue weighted by Crippen LogP contribution is 2.12. The number of hydrogen-bond acceptors (Lipinski definition) is 4. The average Bonchev–Trinajstić information content (AvgIpc) is 2.43. The highest BCUT2D eigenvalue weighted by molar-refractivity contribution is 5.95. The van der Waals surface area contributed by atoms with Crippen molar-refractivity contribution in [2.24, 2.45) is 5.92 Å². The largest absolute Gasteiger partial charge is 0.480 e. The molecule has 0 saturated heterocycles. The van der Waals surface area contributed by atoms with E-state index in [2.05, 4.69) is 5.32 Å². The number of amides is 1. The van der Waals surface area contributed by atoms with Crippen molar-refractivity contribution in [3.63, 3.8) is 0 Å². The first-order valence-electron chi connectivity index (χ1n) is 6.46. The molecule has 6 heteroatoms. The second-order valence-corrected chi connectivity index (χ2v) is 5.00. The molecule has 1 aromatic carbocycles. The number of fused-ring (bicyclic) bond motifs is 1. The van der Waals surface area contributed by atoms with Gasteiger partial charge in [0.05, 0.1) is 5.39 Å². The van der Waals surface area contributed by atoms with Crippen molar-refractivity contribution in [1.82, 2.24) is 5.32 Å². The SMILES string of the molecule is CC(C)[C@H](NC(=O)c1cc(=O)c2ccccc2o1)C(=O)O. The van der Waals surface area contributed by atoms with E-state index < -0.39 is 17.9 Å². The summed E-state index contributed by atoms with van der Waals surface area (Å²) in [4.78, 5) is 35.0. The number of aliphatic carboxylic acids is 1. The molecule has 0 spiro atoms. The van der Waals surface area contributed by atoms with Crippen LogP contribution in [0.15, 0.2) is 39.5 Å². The Labute approximate surface area is 120 Å². The van der Waals surface area contributed by atoms with Crippen molar-refractivity contribution in [3.05, 3.63) is 46.3 Å². The van der Waals surface area contributed by atoms with Gasteiger partial charge >= 0.3 is 5.97 Å². The zero-order chi connectivity index (χ0) is 15.6. The van der Waals surface area contributed by atoms with Crippen LogP contribution < -0.4 is 10.7 Å². The third kappa shape index (κ3) is 3.10. The number of carbonyl (C=O) groups is 2. The molecule has 1 amide bonds. The van der Waals surface area contributed by atoms with Crippen LogP contribution in [-0.4, -0.2) is 23.0 Å². The summed E-state index contributed by atoms with van der Waals surface area (Å²) in [5.74, 6) is -2.36. The van der Waals surface area contributed by atoms with Crippen LogP contribution in [0.4, 0.5) is 0 Å². The molecule has 0 aliphatic carbocycles. The van der Waals surface area contributed by atoms with Crippen molar-refractivity contribution >= 4 is 22.8 Å². The molecular weight excluding hydrogens is 274 g/mol. The van der Waals surface area contributed by atoms with Gasteiger partial charge in [-0.3, -0.25) is 9.59 Å². The van der Waals surface area contributed by atoms with Gasteiger partial charge in [-0.05, 0) is 18.1 Å². The Morgan fingerprint density at radius 3 is 2.52 bits per heavy atom. The average molecular weight is 289 g/mol. The monoisotopic (exact) mass is 289 g/mol. The molecule has 110 valence electrons. The molecule has 0 unspecified atom stereocenters. The Morgan fingerprint density at radius 1 is 1.24 bits per heavy atom. The Kier molecular flexibility index (Phi) is 4.07. The van der Waals surface area contributed by atoms with Crippen molar-refractivity contribution in [2.45, 2.75) is 19.9 Å². The molecule has 0 bridgehead atoms. The first-order valence-corrected chi connectivity index (χ1v) is 6.46. The van der Waals surface area contributed by atoms with Crippen molar-refractivity contribution < 1.29 is 19.1 Å². The summed E-state index contributed by atoms with van der Waals surface area (Å²) in [6.07, 6.45) is 0. The molecule has 1 atom stereocenters. The zero-order valence-electron chi connectivity index (χ0n) is 11.6. The van der Waals surface area contributed by atoms with Crippen LogP contribution in [0, 0.1) is 5.92 Å². The number of carboxylic acid groups (broad SMARTS) is 1. The van der Waals surface area contributed by atoms with Crippen LogP contribution in [-0.2, 0) is 4.79 Å². The van der Waals surface area contributed by atoms with E-state index in [-0.39, 0.29) is 22.7 Å². The Balaban J connectivity index is 2.36. The fraction of sp³-hybridized carbons (Fsp3) is 0.267. The van der Waals surface area contributed by atoms with Gasteiger partial charge in [-0.1, -0.05) is 26.0 Å². The van der Waals surface area contributed by atoms with Crippen LogP contribution in [0.25, 0.3) is 11.0 Å². The number of nitrogens with one attached hydrogen (secondary N) is 1. The molecular formula is C15H15NO5. The lowest BCUT2D eigenvalue weighted by Crippen LogP contribution is -2.44. The Hall–Kier alpha value is -2.63. The summed E-state index contributed by atoms with van der Waals surface area (Å²) in [5, 5.41) is 11.8. The van der Waals surface area contributed by atoms with Crippen molar-refractivity contribution in [3.8, 4) is 0 Å². The van der Waals surface area contributed by atoms with Gasteiger partial charge in [0.2, 0.25) is 0 Å². The van der Waals surface area contributed by atoms with E-state index in [4.69, 9.17) is 9.52 Å². The van der Waals surface area contributed by atoms with Gasteiger partial charge < -0.3 is 14.8 Å². The summed E-state index contributed by atoms with van der Waals surface area (Å²) in [5.41, 5.74) is -0.0648. The molecule has 0 saturated carbocycles. The van der Waals surface area contributed by atoms with Gasteiger partial charge in [0.15, 0.2) is 11.2 Å². The Bertz CT molecular complexity index is 747. The maximum Gasteiger partial charge on any atom is 0.326 e. The number of carbonyl (C=O) groups excluding carboxylic acids is 1. The number of para-hydroxylation sites is 1. The lowest BCUT2D eigenvalue weighted by Gasteiger charge is -2.17. The second kappa shape index (κ2) is 5.78. The highest BCUT2D eigenvalue weighted by atomic mass is 16.4. The predicted octanol–water partition coefficient (Wildman–Crippen LogP) is 1.63. The van der Waals surface area contributed by atoms with Crippen LogP contribution >= 0.6 is 0 Å². The molecule has 1 aromatic heterocycles. The molecule has 2 rings (SSSR count). The van der Waals surface area contributed by atoms with Crippen LogP contribution in [0.2, 0.25) is 0 Å². The van der Waals surface area contributed by atoms with Gasteiger partial charge in [0.25, 0.3) is 5.91 Å². The predicted molar refractivity (Wildman–Crippen MR) is 76.2 cm³/mol. The number of benzene rings is 1. The smallest absolute Gasteiger partial charge is 0.326 e. The van der Waals surface area contributed by atoms with Crippen molar-refractivity contribution in [1.29, 1.82) is 0 Å². The topological polar surface area (TPSA) is 96.6 Å². The summed E-state index contributed by atoms with van der Waals surface area (Å²) >= 11 is 0. The minimum atomic E-state index is -1.14. The van der Waals surface area contributed by atoms with Gasteiger partial charge in [-0.25, -0.2) is 4.79 Å². The Morgan fingerprint density at radius 2 is 1.90 bits per heavy atom. The van der Waals surface area contributed by atoms with E-state index in [9.17, 15) is 14.4 Å². The van der Waals surface area contributed by atoms with Crippen LogP contribution in [0.5, 0.6) is 0 Å². The van der Waals surface area contributed by atoms with Crippen LogP contribution in [0.1, 0.15) is 24.4 Å². The van der Waals surface area contributed by atoms with Crippen molar-refractivity contribution in [2.75, 3.05) is 0 Å². The lowest BCUT2D eigenvalue weighted by molar-refractivity contribution is -0.140. The molecule has 0 fully saturated rings. The minimum absolute atomic E-state index is 0.203. The minimum Gasteiger partial charge on any atom is -0.480 e. The number of rotatable bonds is 4. The number of carboxylic acids is 1. The molecule has 2 aromatic rings. The quantitative estimate of drug-likeness (QED) is 0.891. The van der Waals surface area contributed by atoms with Gasteiger partial charge in [-0.2, -0.15) is 0 Å². The van der Waals surface area contributed by atoms with Gasteiger partial charge in [-0.15, -0.1) is 0 Å².